The Bertz CT molecular complexity index is 673. The van der Waals surface area contributed by atoms with Gasteiger partial charge >= 0.3 is 0 Å². The minimum absolute atomic E-state index is 0.122. The highest BCUT2D eigenvalue weighted by Crippen LogP contribution is 2.30. The van der Waals surface area contributed by atoms with Gasteiger partial charge < -0.3 is 5.32 Å². The molecule has 0 atom stereocenters. The van der Waals surface area contributed by atoms with E-state index in [0.717, 1.165) is 24.1 Å². The summed E-state index contributed by atoms with van der Waals surface area (Å²) in [6.45, 7) is 0.836. The lowest BCUT2D eigenvalue weighted by atomic mass is 9.98. The van der Waals surface area contributed by atoms with Gasteiger partial charge in [-0.3, -0.25) is 0 Å². The first-order chi connectivity index (χ1) is 10.3. The van der Waals surface area contributed by atoms with Gasteiger partial charge in [-0.05, 0) is 66.5 Å². The van der Waals surface area contributed by atoms with E-state index in [-0.39, 0.29) is 5.82 Å². The lowest BCUT2D eigenvalue weighted by molar-refractivity contribution is 0.628. The van der Waals surface area contributed by atoms with Crippen molar-refractivity contribution in [1.29, 1.82) is 0 Å². The van der Waals surface area contributed by atoms with E-state index in [9.17, 15) is 4.39 Å². The Morgan fingerprint density at radius 1 is 1.00 bits per heavy atom. The Morgan fingerprint density at radius 3 is 2.71 bits per heavy atom. The summed E-state index contributed by atoms with van der Waals surface area (Å²) in [5.41, 5.74) is 5.75. The average Bonchev–Trinajstić information content (AvgIpc) is 3.21. The average molecular weight is 281 g/mol. The fourth-order valence-electron chi connectivity index (χ4n) is 3.19. The van der Waals surface area contributed by atoms with E-state index in [1.54, 1.807) is 6.07 Å². The number of halogens is 1. The van der Waals surface area contributed by atoms with Gasteiger partial charge in [0.25, 0.3) is 0 Å². The van der Waals surface area contributed by atoms with E-state index in [0.29, 0.717) is 6.04 Å². The van der Waals surface area contributed by atoms with Crippen molar-refractivity contribution >= 4 is 0 Å². The zero-order valence-corrected chi connectivity index (χ0v) is 12.2. The number of hydrogen-bond acceptors (Lipinski definition) is 1. The summed E-state index contributed by atoms with van der Waals surface area (Å²) >= 11 is 0. The van der Waals surface area contributed by atoms with E-state index in [1.165, 1.54) is 42.4 Å². The molecule has 0 unspecified atom stereocenters. The molecule has 2 heteroatoms. The Morgan fingerprint density at radius 2 is 1.86 bits per heavy atom. The van der Waals surface area contributed by atoms with Crippen LogP contribution in [0.25, 0.3) is 11.1 Å². The van der Waals surface area contributed by atoms with Crippen molar-refractivity contribution in [2.45, 2.75) is 44.7 Å². The molecule has 0 aromatic heterocycles. The normalized spacial score (nSPS) is 17.0. The van der Waals surface area contributed by atoms with Gasteiger partial charge in [0.15, 0.2) is 0 Å². The number of aryl methyl sites for hydroxylation is 2. The Balaban J connectivity index is 1.64. The van der Waals surface area contributed by atoms with Crippen LogP contribution in [-0.4, -0.2) is 6.04 Å². The maximum Gasteiger partial charge on any atom is 0.131 e. The molecule has 2 aromatic rings. The van der Waals surface area contributed by atoms with Gasteiger partial charge in [-0.25, -0.2) is 4.39 Å². The fraction of sp³-hybridized carbons (Fsp3) is 0.368. The van der Waals surface area contributed by atoms with Crippen LogP contribution < -0.4 is 5.32 Å². The first-order valence-corrected chi connectivity index (χ1v) is 7.93. The minimum atomic E-state index is -0.122. The van der Waals surface area contributed by atoms with Gasteiger partial charge in [-0.2, -0.15) is 0 Å². The predicted octanol–water partition coefficient (Wildman–Crippen LogP) is 4.23. The third-order valence-corrected chi connectivity index (χ3v) is 4.61. The molecule has 0 heterocycles. The largest absolute Gasteiger partial charge is 0.310 e. The van der Waals surface area contributed by atoms with Crippen LogP contribution in [-0.2, 0) is 19.4 Å². The molecule has 0 bridgehead atoms. The van der Waals surface area contributed by atoms with Crippen molar-refractivity contribution in [1.82, 2.24) is 5.32 Å². The fourth-order valence-corrected chi connectivity index (χ4v) is 3.19. The molecule has 2 aliphatic carbocycles. The zero-order chi connectivity index (χ0) is 14.2. The molecule has 21 heavy (non-hydrogen) atoms. The van der Waals surface area contributed by atoms with Crippen LogP contribution in [0.3, 0.4) is 0 Å². The van der Waals surface area contributed by atoms with Crippen LogP contribution in [0.4, 0.5) is 4.39 Å². The number of benzene rings is 2. The zero-order valence-electron chi connectivity index (χ0n) is 12.2. The molecule has 0 aliphatic heterocycles. The first-order valence-electron chi connectivity index (χ1n) is 7.93. The molecule has 1 N–H and O–H groups in total. The number of rotatable bonds is 4. The maximum absolute atomic E-state index is 14.2. The Kier molecular flexibility index (Phi) is 3.27. The summed E-state index contributed by atoms with van der Waals surface area (Å²) in [6.07, 6.45) is 6.08. The van der Waals surface area contributed by atoms with E-state index >= 15 is 0 Å². The smallest absolute Gasteiger partial charge is 0.131 e. The summed E-state index contributed by atoms with van der Waals surface area (Å²) < 4.78 is 14.2. The second kappa shape index (κ2) is 5.27. The molecule has 0 saturated heterocycles. The summed E-state index contributed by atoms with van der Waals surface area (Å²) in [4.78, 5) is 0. The summed E-state index contributed by atoms with van der Waals surface area (Å²) in [5, 5.41) is 3.49. The van der Waals surface area contributed by atoms with Crippen molar-refractivity contribution in [3.05, 3.63) is 58.9 Å². The van der Waals surface area contributed by atoms with Gasteiger partial charge in [0.05, 0.1) is 0 Å². The number of nitrogens with one attached hydrogen (secondary N) is 1. The quantitative estimate of drug-likeness (QED) is 0.884. The van der Waals surface area contributed by atoms with Gasteiger partial charge in [0, 0.05) is 18.2 Å². The van der Waals surface area contributed by atoms with Crippen LogP contribution in [0.1, 0.15) is 36.0 Å². The van der Waals surface area contributed by atoms with Gasteiger partial charge in [-0.1, -0.05) is 24.3 Å². The summed E-state index contributed by atoms with van der Waals surface area (Å²) in [6, 6.07) is 12.6. The molecule has 2 aromatic carbocycles. The maximum atomic E-state index is 14.2. The Hall–Kier alpha value is -1.67. The lowest BCUT2D eigenvalue weighted by Crippen LogP contribution is -2.15. The second-order valence-corrected chi connectivity index (χ2v) is 6.31. The standard InChI is InChI=1S/C19H20FN/c20-19-9-4-13(12-21-17-7-8-17)10-18(19)16-6-5-14-2-1-3-15(14)11-16/h4-6,9-11,17,21H,1-3,7-8,12H2. The lowest BCUT2D eigenvalue weighted by Gasteiger charge is -2.10. The molecule has 1 saturated carbocycles. The van der Waals surface area contributed by atoms with E-state index < -0.39 is 0 Å². The minimum Gasteiger partial charge on any atom is -0.310 e. The Labute approximate surface area is 125 Å². The highest BCUT2D eigenvalue weighted by Gasteiger charge is 2.20. The van der Waals surface area contributed by atoms with Crippen LogP contribution in [0.5, 0.6) is 0 Å². The molecule has 0 spiro atoms. The topological polar surface area (TPSA) is 12.0 Å². The molecule has 2 aliphatic rings. The predicted molar refractivity (Wildman–Crippen MR) is 83.7 cm³/mol. The van der Waals surface area contributed by atoms with Crippen molar-refractivity contribution in [3.63, 3.8) is 0 Å². The molecule has 4 rings (SSSR count). The highest BCUT2D eigenvalue weighted by molar-refractivity contribution is 5.66. The van der Waals surface area contributed by atoms with Crippen molar-refractivity contribution in [2.75, 3.05) is 0 Å². The van der Waals surface area contributed by atoms with E-state index in [4.69, 9.17) is 0 Å². The number of hydrogen-bond donors (Lipinski definition) is 1. The summed E-state index contributed by atoms with van der Waals surface area (Å²) in [7, 11) is 0. The second-order valence-electron chi connectivity index (χ2n) is 6.31. The monoisotopic (exact) mass is 281 g/mol. The highest BCUT2D eigenvalue weighted by atomic mass is 19.1. The van der Waals surface area contributed by atoms with Crippen LogP contribution in [0.2, 0.25) is 0 Å². The third kappa shape index (κ3) is 2.73. The molecule has 1 nitrogen and oxygen atoms in total. The van der Waals surface area contributed by atoms with E-state index in [1.807, 2.05) is 12.1 Å². The molecule has 1 fully saturated rings. The van der Waals surface area contributed by atoms with Crippen molar-refractivity contribution in [3.8, 4) is 11.1 Å². The molecular weight excluding hydrogens is 261 g/mol. The molecule has 108 valence electrons. The molecular formula is C19H20FN. The first kappa shape index (κ1) is 13.0. The molecule has 0 amide bonds. The van der Waals surface area contributed by atoms with Crippen LogP contribution in [0.15, 0.2) is 36.4 Å². The van der Waals surface area contributed by atoms with Crippen LogP contribution in [0, 0.1) is 5.82 Å². The van der Waals surface area contributed by atoms with Crippen LogP contribution >= 0.6 is 0 Å². The number of fused-ring (bicyclic) bond motifs is 1. The van der Waals surface area contributed by atoms with E-state index in [2.05, 4.69) is 23.5 Å². The van der Waals surface area contributed by atoms with Crippen molar-refractivity contribution in [2.24, 2.45) is 0 Å². The van der Waals surface area contributed by atoms with Gasteiger partial charge in [0.2, 0.25) is 0 Å². The van der Waals surface area contributed by atoms with Gasteiger partial charge in [-0.15, -0.1) is 0 Å². The van der Waals surface area contributed by atoms with Gasteiger partial charge in [0.1, 0.15) is 5.82 Å². The third-order valence-electron chi connectivity index (χ3n) is 4.61. The SMILES string of the molecule is Fc1ccc(CNC2CC2)cc1-c1ccc2c(c1)CCC2. The van der Waals surface area contributed by atoms with Crippen molar-refractivity contribution < 1.29 is 4.39 Å². The molecule has 0 radical (unpaired) electrons. The summed E-state index contributed by atoms with van der Waals surface area (Å²) in [5.74, 6) is -0.122.